The van der Waals surface area contributed by atoms with E-state index in [2.05, 4.69) is 28.1 Å². The van der Waals surface area contributed by atoms with E-state index in [1.165, 1.54) is 6.42 Å². The Kier molecular flexibility index (Phi) is 4.17. The molecule has 1 saturated heterocycles. The number of carbonyl (C=O) groups is 1. The van der Waals surface area contributed by atoms with Crippen LogP contribution in [0.1, 0.15) is 32.1 Å². The van der Waals surface area contributed by atoms with Crippen LogP contribution in [0.15, 0.2) is 34.9 Å². The first-order chi connectivity index (χ1) is 11.5. The van der Waals surface area contributed by atoms with E-state index in [4.69, 9.17) is 0 Å². The number of hydrogen-bond donors (Lipinski definition) is 1. The Hall–Kier alpha value is -1.33. The van der Waals surface area contributed by atoms with E-state index < -0.39 is 5.60 Å². The second-order valence-corrected chi connectivity index (χ2v) is 8.20. The van der Waals surface area contributed by atoms with E-state index in [0.717, 1.165) is 41.1 Å². The third-order valence-electron chi connectivity index (χ3n) is 5.82. The maximum atomic E-state index is 12.8. The molecule has 0 unspecified atom stereocenters. The molecule has 0 spiro atoms. The van der Waals surface area contributed by atoms with Gasteiger partial charge in [0.05, 0.1) is 5.60 Å². The van der Waals surface area contributed by atoms with Gasteiger partial charge in [-0.3, -0.25) is 4.79 Å². The highest BCUT2D eigenvalue weighted by atomic mass is 79.9. The van der Waals surface area contributed by atoms with Gasteiger partial charge in [-0.15, -0.1) is 0 Å². The Balaban J connectivity index is 1.49. The fraction of sp³-hybridized carbons (Fsp3) is 0.526. The minimum atomic E-state index is -0.528. The molecule has 1 aromatic carbocycles. The number of amides is 1. The first kappa shape index (κ1) is 16.2. The lowest BCUT2D eigenvalue weighted by atomic mass is 9.71. The lowest BCUT2D eigenvalue weighted by Gasteiger charge is -2.47. The van der Waals surface area contributed by atoms with Gasteiger partial charge < -0.3 is 14.6 Å². The maximum Gasteiger partial charge on any atom is 0.242 e. The van der Waals surface area contributed by atoms with Crippen molar-refractivity contribution in [3.05, 3.63) is 34.9 Å². The molecule has 2 aliphatic rings. The average molecular weight is 391 g/mol. The molecule has 0 bridgehead atoms. The molecule has 1 saturated carbocycles. The molecular weight excluding hydrogens is 368 g/mol. The van der Waals surface area contributed by atoms with Gasteiger partial charge in [0.15, 0.2) is 0 Å². The monoisotopic (exact) mass is 390 g/mol. The molecule has 1 aliphatic heterocycles. The van der Waals surface area contributed by atoms with Crippen molar-refractivity contribution >= 4 is 32.7 Å². The number of benzene rings is 1. The molecule has 128 valence electrons. The maximum absolute atomic E-state index is 12.8. The predicted octanol–water partition coefficient (Wildman–Crippen LogP) is 3.56. The summed E-state index contributed by atoms with van der Waals surface area (Å²) in [6.07, 6.45) is 6.93. The number of halogens is 1. The number of rotatable bonds is 2. The Labute approximate surface area is 150 Å². The fourth-order valence-electron chi connectivity index (χ4n) is 4.34. The first-order valence-electron chi connectivity index (χ1n) is 8.80. The summed E-state index contributed by atoms with van der Waals surface area (Å²) in [4.78, 5) is 14.7. The van der Waals surface area contributed by atoms with E-state index >= 15 is 0 Å². The van der Waals surface area contributed by atoms with Crippen molar-refractivity contribution in [3.63, 3.8) is 0 Å². The third kappa shape index (κ3) is 2.88. The van der Waals surface area contributed by atoms with Gasteiger partial charge in [-0.25, -0.2) is 0 Å². The number of hydrogen-bond acceptors (Lipinski definition) is 2. The van der Waals surface area contributed by atoms with E-state index in [1.54, 1.807) is 0 Å². The number of aromatic nitrogens is 1. The molecule has 2 aromatic rings. The lowest BCUT2D eigenvalue weighted by Crippen LogP contribution is -2.55. The lowest BCUT2D eigenvalue weighted by molar-refractivity contribution is -0.143. The van der Waals surface area contributed by atoms with Gasteiger partial charge >= 0.3 is 0 Å². The number of piperidine rings is 1. The Morgan fingerprint density at radius 3 is 3.04 bits per heavy atom. The molecule has 4 nitrogen and oxygen atoms in total. The molecular formula is C19H23BrN2O2. The molecule has 2 fully saturated rings. The van der Waals surface area contributed by atoms with Crippen LogP contribution in [0.25, 0.3) is 10.9 Å². The van der Waals surface area contributed by atoms with E-state index in [1.807, 2.05) is 27.8 Å². The van der Waals surface area contributed by atoms with Crippen LogP contribution >= 0.6 is 15.9 Å². The summed E-state index contributed by atoms with van der Waals surface area (Å²) in [6.45, 7) is 1.75. The second-order valence-electron chi connectivity index (χ2n) is 7.28. The largest absolute Gasteiger partial charge is 0.389 e. The number of fused-ring (bicyclic) bond motifs is 2. The zero-order valence-corrected chi connectivity index (χ0v) is 15.3. The average Bonchev–Trinajstić information content (AvgIpc) is 2.96. The van der Waals surface area contributed by atoms with Gasteiger partial charge in [-0.1, -0.05) is 34.8 Å². The van der Waals surface area contributed by atoms with Crippen LogP contribution in [0.5, 0.6) is 0 Å². The number of nitrogens with zero attached hydrogens (tertiary/aromatic N) is 2. The van der Waals surface area contributed by atoms with Crippen LogP contribution in [0.2, 0.25) is 0 Å². The van der Waals surface area contributed by atoms with Gasteiger partial charge in [0.1, 0.15) is 6.54 Å². The zero-order chi connectivity index (χ0) is 16.7. The molecule has 2 atom stereocenters. The van der Waals surface area contributed by atoms with Crippen LogP contribution in [0.3, 0.4) is 0 Å². The standard InChI is InChI=1S/C19H23BrN2O2/c20-16-5-4-14-6-9-21(17(14)11-16)13-18(23)22-10-8-19(24)7-2-1-3-15(19)12-22/h4-6,9,11,15,24H,1-3,7-8,10,12-13H2/t15-,19+/m0/s1. The van der Waals surface area contributed by atoms with Crippen molar-refractivity contribution in [2.24, 2.45) is 5.92 Å². The Morgan fingerprint density at radius 1 is 1.29 bits per heavy atom. The van der Waals surface area contributed by atoms with Crippen LogP contribution in [-0.2, 0) is 11.3 Å². The normalized spacial score (nSPS) is 27.2. The summed E-state index contributed by atoms with van der Waals surface area (Å²) < 4.78 is 3.04. The highest BCUT2D eigenvalue weighted by molar-refractivity contribution is 9.10. The molecule has 1 N–H and O–H groups in total. The summed E-state index contributed by atoms with van der Waals surface area (Å²) >= 11 is 3.50. The summed E-state index contributed by atoms with van der Waals surface area (Å²) in [6, 6.07) is 8.18. The van der Waals surface area contributed by atoms with Gasteiger partial charge in [0.2, 0.25) is 5.91 Å². The molecule has 4 rings (SSSR count). The first-order valence-corrected chi connectivity index (χ1v) is 9.59. The van der Waals surface area contributed by atoms with Crippen LogP contribution in [0, 0.1) is 5.92 Å². The molecule has 1 aromatic heterocycles. The summed E-state index contributed by atoms with van der Waals surface area (Å²) in [7, 11) is 0. The van der Waals surface area contributed by atoms with Crippen molar-refractivity contribution in [1.82, 2.24) is 9.47 Å². The van der Waals surface area contributed by atoms with E-state index in [-0.39, 0.29) is 11.8 Å². The highest BCUT2D eigenvalue weighted by Crippen LogP contribution is 2.39. The van der Waals surface area contributed by atoms with E-state index in [0.29, 0.717) is 19.6 Å². The SMILES string of the molecule is O=C(Cn1ccc2ccc(Br)cc21)N1CC[C@]2(O)CCCC[C@H]2C1. The smallest absolute Gasteiger partial charge is 0.242 e. The molecule has 24 heavy (non-hydrogen) atoms. The Morgan fingerprint density at radius 2 is 2.17 bits per heavy atom. The topological polar surface area (TPSA) is 45.5 Å². The van der Waals surface area contributed by atoms with Crippen molar-refractivity contribution < 1.29 is 9.90 Å². The molecule has 0 radical (unpaired) electrons. The summed E-state index contributed by atoms with van der Waals surface area (Å²) in [5.74, 6) is 0.402. The van der Waals surface area contributed by atoms with Gasteiger partial charge in [0.25, 0.3) is 0 Å². The molecule has 5 heteroatoms. The quantitative estimate of drug-likeness (QED) is 0.851. The van der Waals surface area contributed by atoms with Gasteiger partial charge in [-0.2, -0.15) is 0 Å². The van der Waals surface area contributed by atoms with Crippen molar-refractivity contribution in [2.45, 2.75) is 44.2 Å². The van der Waals surface area contributed by atoms with E-state index in [9.17, 15) is 9.90 Å². The van der Waals surface area contributed by atoms with Crippen molar-refractivity contribution in [1.29, 1.82) is 0 Å². The van der Waals surface area contributed by atoms with Crippen molar-refractivity contribution in [3.8, 4) is 0 Å². The van der Waals surface area contributed by atoms with Crippen LogP contribution < -0.4 is 0 Å². The summed E-state index contributed by atoms with van der Waals surface area (Å²) in [5, 5.41) is 11.9. The zero-order valence-electron chi connectivity index (χ0n) is 13.7. The summed E-state index contributed by atoms with van der Waals surface area (Å²) in [5.41, 5.74) is 0.545. The molecule has 1 amide bonds. The predicted molar refractivity (Wildman–Crippen MR) is 97.7 cm³/mol. The number of carbonyl (C=O) groups excluding carboxylic acids is 1. The minimum Gasteiger partial charge on any atom is -0.389 e. The highest BCUT2D eigenvalue weighted by Gasteiger charge is 2.43. The molecule has 2 heterocycles. The fourth-order valence-corrected chi connectivity index (χ4v) is 4.69. The second kappa shape index (κ2) is 6.19. The number of aliphatic hydroxyl groups is 1. The number of likely N-dealkylation sites (tertiary alicyclic amines) is 1. The van der Waals surface area contributed by atoms with Gasteiger partial charge in [-0.05, 0) is 42.8 Å². The van der Waals surface area contributed by atoms with Crippen LogP contribution in [0.4, 0.5) is 0 Å². The molecule has 1 aliphatic carbocycles. The van der Waals surface area contributed by atoms with Crippen LogP contribution in [-0.4, -0.2) is 39.2 Å². The van der Waals surface area contributed by atoms with Gasteiger partial charge in [0, 0.05) is 35.2 Å². The van der Waals surface area contributed by atoms with Crippen molar-refractivity contribution in [2.75, 3.05) is 13.1 Å². The third-order valence-corrected chi connectivity index (χ3v) is 6.32. The minimum absolute atomic E-state index is 0.153. The Bertz CT molecular complexity index is 772.